The minimum atomic E-state index is -0.219. The zero-order valence-electron chi connectivity index (χ0n) is 14.4. The first-order valence-electron chi connectivity index (χ1n) is 8.68. The van der Waals surface area contributed by atoms with E-state index in [-0.39, 0.29) is 11.9 Å². The minimum Gasteiger partial charge on any atom is -0.333 e. The lowest BCUT2D eigenvalue weighted by atomic mass is 10.00. The highest BCUT2D eigenvalue weighted by atomic mass is 32.1. The predicted octanol–water partition coefficient (Wildman–Crippen LogP) is 4.15. The summed E-state index contributed by atoms with van der Waals surface area (Å²) >= 11 is 1.62. The van der Waals surface area contributed by atoms with Crippen molar-refractivity contribution in [1.82, 2.24) is 5.32 Å². The maximum absolute atomic E-state index is 12.2. The Balaban J connectivity index is 1.64. The van der Waals surface area contributed by atoms with Gasteiger partial charge in [0.15, 0.2) is 0 Å². The lowest BCUT2D eigenvalue weighted by Crippen LogP contribution is -2.36. The van der Waals surface area contributed by atoms with Crippen molar-refractivity contribution in [2.45, 2.75) is 39.2 Å². The molecule has 6 heteroatoms. The number of nitrogens with zero attached hydrogens (tertiary/aromatic N) is 1. The second-order valence-electron chi connectivity index (χ2n) is 6.13. The van der Waals surface area contributed by atoms with Crippen molar-refractivity contribution >= 4 is 34.6 Å². The minimum absolute atomic E-state index is 0.190. The molecule has 0 atom stereocenters. The normalized spacial score (nSPS) is 13.5. The number of carbonyl (C=O) groups is 2. The van der Waals surface area contributed by atoms with Crippen LogP contribution in [0.25, 0.3) is 0 Å². The molecule has 0 radical (unpaired) electrons. The zero-order valence-corrected chi connectivity index (χ0v) is 15.2. The zero-order chi connectivity index (χ0) is 17.6. The number of thiophene rings is 1. The number of unbranched alkanes of at least 4 members (excludes halogenated alkanes) is 1. The molecular weight excluding hydrogens is 334 g/mol. The van der Waals surface area contributed by atoms with E-state index in [0.29, 0.717) is 13.0 Å². The fraction of sp³-hybridized carbons (Fsp3) is 0.368. The second kappa shape index (κ2) is 8.16. The number of hydrogen-bond acceptors (Lipinski definition) is 3. The van der Waals surface area contributed by atoms with E-state index in [1.165, 1.54) is 0 Å². The van der Waals surface area contributed by atoms with Crippen molar-refractivity contribution < 1.29 is 9.59 Å². The highest BCUT2D eigenvalue weighted by Gasteiger charge is 2.23. The molecule has 0 aliphatic carbocycles. The number of carbonyl (C=O) groups excluding carboxylic acids is 2. The molecule has 2 aromatic rings. The average Bonchev–Trinajstić information content (AvgIpc) is 3.13. The molecule has 0 saturated carbocycles. The molecular formula is C19H23N3O2S. The summed E-state index contributed by atoms with van der Waals surface area (Å²) in [6.07, 6.45) is 3.31. The van der Waals surface area contributed by atoms with Gasteiger partial charge in [-0.15, -0.1) is 11.3 Å². The Morgan fingerprint density at radius 1 is 1.28 bits per heavy atom. The Morgan fingerprint density at radius 3 is 2.92 bits per heavy atom. The van der Waals surface area contributed by atoms with E-state index in [1.54, 1.807) is 11.3 Å². The number of nitrogens with one attached hydrogen (secondary N) is 2. The Hall–Kier alpha value is -2.34. The fourth-order valence-electron chi connectivity index (χ4n) is 2.95. The summed E-state index contributed by atoms with van der Waals surface area (Å²) in [4.78, 5) is 27.2. The average molecular weight is 357 g/mol. The number of aryl methyl sites for hydroxylation is 1. The number of fused-ring (bicyclic) bond motifs is 1. The molecule has 1 aromatic heterocycles. The van der Waals surface area contributed by atoms with Crippen LogP contribution in [0.1, 0.15) is 36.6 Å². The van der Waals surface area contributed by atoms with Gasteiger partial charge >= 0.3 is 6.03 Å². The number of anilines is 2. The van der Waals surface area contributed by atoms with Gasteiger partial charge in [-0.1, -0.05) is 19.4 Å². The van der Waals surface area contributed by atoms with Crippen LogP contribution in [-0.4, -0.2) is 18.5 Å². The van der Waals surface area contributed by atoms with Gasteiger partial charge in [-0.05, 0) is 48.1 Å². The molecule has 0 spiro atoms. The van der Waals surface area contributed by atoms with Crippen LogP contribution >= 0.6 is 11.3 Å². The monoisotopic (exact) mass is 357 g/mol. The summed E-state index contributed by atoms with van der Waals surface area (Å²) in [7, 11) is 0. The number of urea groups is 1. The molecule has 0 fully saturated rings. The quantitative estimate of drug-likeness (QED) is 0.816. The first-order valence-corrected chi connectivity index (χ1v) is 9.56. The van der Waals surface area contributed by atoms with E-state index >= 15 is 0 Å². The van der Waals surface area contributed by atoms with E-state index in [1.807, 2.05) is 40.6 Å². The molecule has 0 saturated heterocycles. The summed E-state index contributed by atoms with van der Waals surface area (Å²) in [5.41, 5.74) is 2.85. The topological polar surface area (TPSA) is 61.4 Å². The Labute approximate surface area is 152 Å². The van der Waals surface area contributed by atoms with E-state index in [4.69, 9.17) is 0 Å². The molecule has 2 N–H and O–H groups in total. The Kier molecular flexibility index (Phi) is 5.71. The largest absolute Gasteiger partial charge is 0.333 e. The number of hydrogen-bond donors (Lipinski definition) is 2. The first-order chi connectivity index (χ1) is 12.2. The molecule has 1 aliphatic heterocycles. The van der Waals surface area contributed by atoms with Crippen molar-refractivity contribution in [3.63, 3.8) is 0 Å². The summed E-state index contributed by atoms with van der Waals surface area (Å²) in [6, 6.07) is 9.52. The third-order valence-electron chi connectivity index (χ3n) is 4.28. The lowest BCUT2D eigenvalue weighted by Gasteiger charge is -2.29. The van der Waals surface area contributed by atoms with Crippen molar-refractivity contribution in [2.75, 3.05) is 16.8 Å². The second-order valence-corrected chi connectivity index (χ2v) is 7.16. The molecule has 3 rings (SSSR count). The van der Waals surface area contributed by atoms with Gasteiger partial charge in [-0.2, -0.15) is 0 Å². The van der Waals surface area contributed by atoms with Crippen LogP contribution in [-0.2, 0) is 17.8 Å². The van der Waals surface area contributed by atoms with E-state index < -0.39 is 0 Å². The van der Waals surface area contributed by atoms with Gasteiger partial charge in [0.2, 0.25) is 5.91 Å². The molecule has 1 aliphatic rings. The van der Waals surface area contributed by atoms with Gasteiger partial charge in [-0.25, -0.2) is 4.79 Å². The van der Waals surface area contributed by atoms with Crippen molar-refractivity contribution in [1.29, 1.82) is 0 Å². The van der Waals surface area contributed by atoms with Crippen LogP contribution in [0, 0.1) is 0 Å². The highest BCUT2D eigenvalue weighted by molar-refractivity contribution is 7.09. The fourth-order valence-corrected chi connectivity index (χ4v) is 3.60. The van der Waals surface area contributed by atoms with Crippen LogP contribution in [0.4, 0.5) is 16.2 Å². The van der Waals surface area contributed by atoms with Crippen LogP contribution in [0.15, 0.2) is 35.7 Å². The van der Waals surface area contributed by atoms with Crippen LogP contribution in [0.5, 0.6) is 0 Å². The van der Waals surface area contributed by atoms with Crippen LogP contribution in [0.3, 0.4) is 0 Å². The standard InChI is InChI=1S/C19H23N3O2S/c1-2-3-10-22-17-8-7-15(12-14(17)6-9-18(22)23)21-19(24)20-13-16-5-4-11-25-16/h4-5,7-8,11-12H,2-3,6,9-10,13H2,1H3,(H2,20,21,24). The number of benzene rings is 1. The summed E-state index contributed by atoms with van der Waals surface area (Å²) in [5, 5.41) is 7.72. The highest BCUT2D eigenvalue weighted by Crippen LogP contribution is 2.30. The van der Waals surface area contributed by atoms with Crippen LogP contribution in [0.2, 0.25) is 0 Å². The lowest BCUT2D eigenvalue weighted by molar-refractivity contribution is -0.118. The number of rotatable bonds is 6. The maximum atomic E-state index is 12.2. The van der Waals surface area contributed by atoms with Crippen molar-refractivity contribution in [2.24, 2.45) is 0 Å². The molecule has 25 heavy (non-hydrogen) atoms. The predicted molar refractivity (Wildman–Crippen MR) is 102 cm³/mol. The molecule has 132 valence electrons. The van der Waals surface area contributed by atoms with Gasteiger partial charge in [0, 0.05) is 29.2 Å². The van der Waals surface area contributed by atoms with Gasteiger partial charge in [-0.3, -0.25) is 4.79 Å². The molecule has 3 amide bonds. The van der Waals surface area contributed by atoms with Gasteiger partial charge < -0.3 is 15.5 Å². The summed E-state index contributed by atoms with van der Waals surface area (Å²) in [6.45, 7) is 3.40. The van der Waals surface area contributed by atoms with Crippen LogP contribution < -0.4 is 15.5 Å². The third kappa shape index (κ3) is 4.39. The molecule has 1 aromatic carbocycles. The first kappa shape index (κ1) is 17.5. The molecule has 2 heterocycles. The molecule has 0 unspecified atom stereocenters. The summed E-state index contributed by atoms with van der Waals surface area (Å²) in [5.74, 6) is 0.190. The van der Waals surface area contributed by atoms with Gasteiger partial charge in [0.05, 0.1) is 6.54 Å². The van der Waals surface area contributed by atoms with Gasteiger partial charge in [0.25, 0.3) is 0 Å². The molecule has 5 nitrogen and oxygen atoms in total. The van der Waals surface area contributed by atoms with E-state index in [0.717, 1.165) is 47.6 Å². The SMILES string of the molecule is CCCCN1C(=O)CCc2cc(NC(=O)NCc3cccs3)ccc21. The number of amides is 3. The van der Waals surface area contributed by atoms with Gasteiger partial charge in [0.1, 0.15) is 0 Å². The summed E-state index contributed by atoms with van der Waals surface area (Å²) < 4.78 is 0. The van der Waals surface area contributed by atoms with Crippen molar-refractivity contribution in [3.05, 3.63) is 46.2 Å². The Bertz CT molecular complexity index is 743. The molecule has 0 bridgehead atoms. The van der Waals surface area contributed by atoms with E-state index in [9.17, 15) is 9.59 Å². The maximum Gasteiger partial charge on any atom is 0.319 e. The third-order valence-corrected chi connectivity index (χ3v) is 5.15. The van der Waals surface area contributed by atoms with Crippen molar-refractivity contribution in [3.8, 4) is 0 Å². The smallest absolute Gasteiger partial charge is 0.319 e. The van der Waals surface area contributed by atoms with E-state index in [2.05, 4.69) is 17.6 Å². The Morgan fingerprint density at radius 2 is 2.16 bits per heavy atom.